The van der Waals surface area contributed by atoms with Gasteiger partial charge in [0.15, 0.2) is 0 Å². The van der Waals surface area contributed by atoms with Crippen molar-refractivity contribution in [3.8, 4) is 11.5 Å². The smallest absolute Gasteiger partial charge is 0.225 e. The lowest BCUT2D eigenvalue weighted by Gasteiger charge is -2.27. The molecule has 2 aromatic rings. The average Bonchev–Trinajstić information content (AvgIpc) is 2.46. The van der Waals surface area contributed by atoms with Gasteiger partial charge in [-0.25, -0.2) is 0 Å². The number of hydrogen-bond donors (Lipinski definition) is 3. The topological polar surface area (TPSA) is 77.2 Å². The number of aromatic hydroxyl groups is 1. The molecule has 3 N–H and O–H groups in total. The van der Waals surface area contributed by atoms with Crippen LogP contribution < -0.4 is 4.74 Å². The van der Waals surface area contributed by atoms with Crippen LogP contribution in [0.15, 0.2) is 52.5 Å². The van der Waals surface area contributed by atoms with E-state index in [4.69, 9.17) is 15.6 Å². The first-order chi connectivity index (χ1) is 10.1. The van der Waals surface area contributed by atoms with Crippen molar-refractivity contribution in [2.24, 2.45) is 0 Å². The third-order valence-corrected chi connectivity index (χ3v) is 3.92. The number of phenols is 1. The summed E-state index contributed by atoms with van der Waals surface area (Å²) in [7, 11) is 0. The summed E-state index contributed by atoms with van der Waals surface area (Å²) in [5.74, 6) is 2.42. The third kappa shape index (κ3) is 2.37. The van der Waals surface area contributed by atoms with Gasteiger partial charge in [-0.3, -0.25) is 10.8 Å². The summed E-state index contributed by atoms with van der Waals surface area (Å²) < 4.78 is 6.34. The van der Waals surface area contributed by atoms with Gasteiger partial charge in [0.05, 0.1) is 11.5 Å². The molecule has 21 heavy (non-hydrogen) atoms. The Bertz CT molecular complexity index is 777. The fourth-order valence-electron chi connectivity index (χ4n) is 2.43. The van der Waals surface area contributed by atoms with E-state index in [9.17, 15) is 5.11 Å². The summed E-state index contributed by atoms with van der Waals surface area (Å²) in [4.78, 5) is 0. The number of hydrogen-bond acceptors (Lipinski definition) is 4. The van der Waals surface area contributed by atoms with E-state index < -0.39 is 0 Å². The highest BCUT2D eigenvalue weighted by atomic mass is 79.9. The van der Waals surface area contributed by atoms with Crippen LogP contribution in [0.4, 0.5) is 0 Å². The highest BCUT2D eigenvalue weighted by molar-refractivity contribution is 9.10. The molecule has 3 rings (SSSR count). The Balaban J connectivity index is 2.22. The summed E-state index contributed by atoms with van der Waals surface area (Å²) in [6.45, 7) is 0. The summed E-state index contributed by atoms with van der Waals surface area (Å²) in [6, 6.07) is 12.5. The maximum Gasteiger partial charge on any atom is 0.225 e. The normalized spacial score (nSPS) is 16.9. The van der Waals surface area contributed by atoms with Crippen molar-refractivity contribution in [2.45, 2.75) is 5.92 Å². The maximum atomic E-state index is 9.57. The van der Waals surface area contributed by atoms with Crippen LogP contribution in [-0.2, 0) is 0 Å². The van der Waals surface area contributed by atoms with E-state index in [1.54, 1.807) is 12.1 Å². The van der Waals surface area contributed by atoms with Gasteiger partial charge >= 0.3 is 0 Å². The third-order valence-electron chi connectivity index (χ3n) is 3.39. The highest BCUT2D eigenvalue weighted by Gasteiger charge is 2.32. The molecule has 0 radical (unpaired) electrons. The van der Waals surface area contributed by atoms with E-state index in [1.807, 2.05) is 24.3 Å². The lowest BCUT2D eigenvalue weighted by Crippen LogP contribution is -2.24. The number of halogens is 1. The molecule has 0 amide bonds. The lowest BCUT2D eigenvalue weighted by molar-refractivity contribution is 0.463. The molecule has 1 atom stereocenters. The zero-order valence-corrected chi connectivity index (χ0v) is 12.4. The van der Waals surface area contributed by atoms with Crippen molar-refractivity contribution in [3.63, 3.8) is 0 Å². The fourth-order valence-corrected chi connectivity index (χ4v) is 2.70. The molecular formula is C16H11BrN2O2. The van der Waals surface area contributed by atoms with Crippen LogP contribution in [0, 0.1) is 10.8 Å². The molecule has 5 heteroatoms. The lowest BCUT2D eigenvalue weighted by atomic mass is 9.83. The molecule has 0 saturated heterocycles. The summed E-state index contributed by atoms with van der Waals surface area (Å²) in [5.41, 5.74) is 2.12. The molecule has 0 aliphatic carbocycles. The zero-order chi connectivity index (χ0) is 15.0. The van der Waals surface area contributed by atoms with E-state index in [0.29, 0.717) is 11.3 Å². The van der Waals surface area contributed by atoms with Crippen LogP contribution in [-0.4, -0.2) is 16.9 Å². The van der Waals surface area contributed by atoms with Gasteiger partial charge in [0.2, 0.25) is 5.90 Å². The van der Waals surface area contributed by atoms with Gasteiger partial charge < -0.3 is 9.84 Å². The first kappa shape index (κ1) is 13.6. The molecule has 0 fully saturated rings. The monoisotopic (exact) mass is 342 g/mol. The largest absolute Gasteiger partial charge is 0.508 e. The number of phenolic OH excluding ortho intramolecular Hbond substituents is 1. The second kappa shape index (κ2) is 5.20. The second-order valence-corrected chi connectivity index (χ2v) is 5.59. The van der Waals surface area contributed by atoms with Gasteiger partial charge in [-0.1, -0.05) is 34.1 Å². The Morgan fingerprint density at radius 1 is 1.14 bits per heavy atom. The Labute approximate surface area is 129 Å². The molecular weight excluding hydrogens is 332 g/mol. The first-order valence-corrected chi connectivity index (χ1v) is 7.04. The molecule has 4 nitrogen and oxygen atoms in total. The van der Waals surface area contributed by atoms with Crippen molar-refractivity contribution in [1.82, 2.24) is 0 Å². The molecule has 0 bridgehead atoms. The van der Waals surface area contributed by atoms with Crippen LogP contribution in [0.5, 0.6) is 11.5 Å². The van der Waals surface area contributed by atoms with E-state index in [1.165, 1.54) is 6.07 Å². The molecule has 0 spiro atoms. The average molecular weight is 343 g/mol. The van der Waals surface area contributed by atoms with Gasteiger partial charge in [0, 0.05) is 16.1 Å². The van der Waals surface area contributed by atoms with E-state index in [0.717, 1.165) is 15.6 Å². The second-order valence-electron chi connectivity index (χ2n) is 4.68. The zero-order valence-electron chi connectivity index (χ0n) is 10.9. The van der Waals surface area contributed by atoms with Crippen LogP contribution >= 0.6 is 15.9 Å². The van der Waals surface area contributed by atoms with Crippen LogP contribution in [0.2, 0.25) is 0 Å². The number of nitrogens with one attached hydrogen (secondary N) is 2. The molecule has 104 valence electrons. The molecule has 2 aromatic carbocycles. The Hall–Kier alpha value is -2.36. The van der Waals surface area contributed by atoms with Gasteiger partial charge in [0.1, 0.15) is 11.5 Å². The Morgan fingerprint density at radius 2 is 1.86 bits per heavy atom. The number of benzene rings is 2. The van der Waals surface area contributed by atoms with Crippen LogP contribution in [0.3, 0.4) is 0 Å². The quantitative estimate of drug-likeness (QED) is 0.688. The van der Waals surface area contributed by atoms with Crippen LogP contribution in [0.25, 0.3) is 0 Å². The minimum atomic E-state index is -0.299. The molecule has 1 unspecified atom stereocenters. The number of rotatable bonds is 1. The van der Waals surface area contributed by atoms with Crippen molar-refractivity contribution < 1.29 is 9.84 Å². The minimum Gasteiger partial charge on any atom is -0.508 e. The first-order valence-electron chi connectivity index (χ1n) is 6.25. The minimum absolute atomic E-state index is 0.0818. The fraction of sp³-hybridized carbons (Fsp3) is 0.0625. The van der Waals surface area contributed by atoms with E-state index >= 15 is 0 Å². The molecule has 1 aliphatic heterocycles. The summed E-state index contributed by atoms with van der Waals surface area (Å²) in [6.07, 6.45) is 0. The van der Waals surface area contributed by atoms with Crippen molar-refractivity contribution in [3.05, 3.63) is 63.6 Å². The number of ether oxygens (including phenoxy) is 1. The van der Waals surface area contributed by atoms with E-state index in [-0.39, 0.29) is 17.6 Å². The predicted octanol–water partition coefficient (Wildman–Crippen LogP) is 3.83. The van der Waals surface area contributed by atoms with Gasteiger partial charge in [-0.15, -0.1) is 0 Å². The molecule has 0 aromatic heterocycles. The predicted molar refractivity (Wildman–Crippen MR) is 83.7 cm³/mol. The number of fused-ring (bicyclic) bond motifs is 1. The molecule has 1 aliphatic rings. The molecule has 1 heterocycles. The van der Waals surface area contributed by atoms with Crippen molar-refractivity contribution >= 4 is 27.7 Å². The van der Waals surface area contributed by atoms with Crippen molar-refractivity contribution in [1.29, 1.82) is 10.8 Å². The van der Waals surface area contributed by atoms with Gasteiger partial charge in [0.25, 0.3) is 0 Å². The Morgan fingerprint density at radius 3 is 2.52 bits per heavy atom. The molecule has 0 saturated carbocycles. The van der Waals surface area contributed by atoms with E-state index in [2.05, 4.69) is 21.8 Å². The SMILES string of the molecule is N=C=C1C(=N)Oc2cc(O)ccc2C1c1ccc(Br)cc1. The maximum absolute atomic E-state index is 9.57. The highest BCUT2D eigenvalue weighted by Crippen LogP contribution is 2.42. The summed E-state index contributed by atoms with van der Waals surface area (Å²) >= 11 is 3.40. The standard InChI is InChI=1S/C16H11BrN2O2/c17-10-3-1-9(2-4-10)15-12-6-5-11(20)7-14(12)21-16(19)13(15)8-18/h1-7,15,18-20H. The Kier molecular flexibility index (Phi) is 3.37. The summed E-state index contributed by atoms with van der Waals surface area (Å²) in [5, 5.41) is 25.0. The van der Waals surface area contributed by atoms with Crippen molar-refractivity contribution in [2.75, 3.05) is 0 Å². The van der Waals surface area contributed by atoms with Crippen LogP contribution in [0.1, 0.15) is 17.0 Å². The van der Waals surface area contributed by atoms with Gasteiger partial charge in [-0.05, 0) is 29.6 Å². The van der Waals surface area contributed by atoms with Gasteiger partial charge in [-0.2, -0.15) is 0 Å².